The summed E-state index contributed by atoms with van der Waals surface area (Å²) in [5.41, 5.74) is 4.49. The average molecular weight is 731 g/mol. The fourth-order valence-corrected chi connectivity index (χ4v) is 6.10. The van der Waals surface area contributed by atoms with E-state index in [1.807, 2.05) is 60.7 Å². The van der Waals surface area contributed by atoms with E-state index in [2.05, 4.69) is 65.1 Å². The summed E-state index contributed by atoms with van der Waals surface area (Å²) in [5.74, 6) is 16.0. The molecule has 1 N–H and O–H groups in total. The van der Waals surface area contributed by atoms with Gasteiger partial charge in [-0.2, -0.15) is 5.21 Å². The van der Waals surface area contributed by atoms with Crippen LogP contribution in [0.15, 0.2) is 60.7 Å². The molecule has 0 atom stereocenters. The molecule has 1 aromatic heterocycles. The van der Waals surface area contributed by atoms with Gasteiger partial charge >= 0.3 is 0 Å². The normalized spacial score (nSPS) is 10.6. The third-order valence-electron chi connectivity index (χ3n) is 9.35. The topological polar surface area (TPSA) is 82.2 Å². The van der Waals surface area contributed by atoms with Crippen molar-refractivity contribution in [2.75, 3.05) is 19.8 Å². The van der Waals surface area contributed by atoms with Gasteiger partial charge in [0.2, 0.25) is 11.6 Å². The first-order chi connectivity index (χ1) is 26.7. The van der Waals surface area contributed by atoms with Crippen molar-refractivity contribution in [3.63, 3.8) is 0 Å². The van der Waals surface area contributed by atoms with Gasteiger partial charge in [-0.15, -0.1) is 10.2 Å². The summed E-state index contributed by atoms with van der Waals surface area (Å²) < 4.78 is 19.4. The van der Waals surface area contributed by atoms with Crippen LogP contribution < -0.4 is 14.2 Å². The van der Waals surface area contributed by atoms with Crippen molar-refractivity contribution < 1.29 is 14.2 Å². The maximum Gasteiger partial charge on any atom is 0.204 e. The van der Waals surface area contributed by atoms with E-state index in [9.17, 15) is 0 Å². The molecular formula is C47H62N4O3. The number of unbranched alkanes of at least 4 members (excludes halogenated alkanes) is 15. The molecule has 0 aliphatic heterocycles. The van der Waals surface area contributed by atoms with Gasteiger partial charge in [-0.1, -0.05) is 141 Å². The molecule has 3 aromatic carbocycles. The number of benzene rings is 3. The molecule has 7 nitrogen and oxygen atoms in total. The lowest BCUT2D eigenvalue weighted by atomic mass is 10.1. The molecule has 0 amide bonds. The van der Waals surface area contributed by atoms with Crippen molar-refractivity contribution in [2.45, 2.75) is 136 Å². The molecule has 288 valence electrons. The third kappa shape index (κ3) is 16.1. The number of nitrogens with zero attached hydrogens (tertiary/aromatic N) is 3. The van der Waals surface area contributed by atoms with Gasteiger partial charge in [0.25, 0.3) is 0 Å². The molecule has 4 aromatic rings. The molecule has 0 saturated heterocycles. The van der Waals surface area contributed by atoms with Crippen LogP contribution in [-0.2, 0) is 0 Å². The maximum absolute atomic E-state index is 6.48. The lowest BCUT2D eigenvalue weighted by Crippen LogP contribution is -2.07. The standard InChI is InChI=1S/C47H62N4O3/c1-4-7-10-13-16-19-34-52-44-37-42(38-45(53-35-20-17-14-11-8-5-2)46(44)54-36-21-18-15-12-9-6-3)29-28-40-24-22-39(23-25-40)26-27-41-30-32-43(33-31-41)47-48-50-51-49-47/h22-25,30-33,37-38H,4-21,34-36H2,1-3H3,(H,48,49,50,51). The van der Waals surface area contributed by atoms with Crippen LogP contribution in [0.2, 0.25) is 0 Å². The fraction of sp³-hybridized carbons (Fsp3) is 0.511. The minimum atomic E-state index is 0.563. The van der Waals surface area contributed by atoms with E-state index in [0.29, 0.717) is 25.6 Å². The van der Waals surface area contributed by atoms with Crippen LogP contribution in [0.1, 0.15) is 159 Å². The van der Waals surface area contributed by atoms with Crippen LogP contribution in [-0.4, -0.2) is 40.4 Å². The van der Waals surface area contributed by atoms with Crippen LogP contribution in [0.4, 0.5) is 0 Å². The Morgan fingerprint density at radius 2 is 0.852 bits per heavy atom. The first-order valence-electron chi connectivity index (χ1n) is 20.7. The number of aromatic nitrogens is 4. The van der Waals surface area contributed by atoms with Crippen LogP contribution in [0.3, 0.4) is 0 Å². The summed E-state index contributed by atoms with van der Waals surface area (Å²) in [6, 6.07) is 19.9. The first kappa shape index (κ1) is 42.0. The van der Waals surface area contributed by atoms with Gasteiger partial charge in [0.15, 0.2) is 11.5 Å². The number of tetrazole rings is 1. The summed E-state index contributed by atoms with van der Waals surface area (Å²) in [7, 11) is 0. The molecule has 0 bridgehead atoms. The first-order valence-corrected chi connectivity index (χ1v) is 20.7. The molecule has 1 heterocycles. The molecule has 0 fully saturated rings. The zero-order valence-corrected chi connectivity index (χ0v) is 33.2. The molecule has 0 aliphatic carbocycles. The van der Waals surface area contributed by atoms with Crippen molar-refractivity contribution in [3.8, 4) is 52.3 Å². The Balaban J connectivity index is 1.47. The second-order valence-electron chi connectivity index (χ2n) is 14.0. The lowest BCUT2D eigenvalue weighted by molar-refractivity contribution is 0.234. The second kappa shape index (κ2) is 26.1. The molecule has 0 saturated carbocycles. The van der Waals surface area contributed by atoms with Crippen molar-refractivity contribution in [3.05, 3.63) is 82.9 Å². The monoisotopic (exact) mass is 730 g/mol. The Hall–Kier alpha value is -4.75. The Morgan fingerprint density at radius 3 is 1.28 bits per heavy atom. The Kier molecular flexibility index (Phi) is 20.3. The summed E-state index contributed by atoms with van der Waals surface area (Å²) in [6.45, 7) is 8.72. The highest BCUT2D eigenvalue weighted by atomic mass is 16.5. The van der Waals surface area contributed by atoms with Gasteiger partial charge in [0, 0.05) is 27.8 Å². The van der Waals surface area contributed by atoms with Crippen molar-refractivity contribution in [1.29, 1.82) is 0 Å². The van der Waals surface area contributed by atoms with E-state index in [4.69, 9.17) is 14.2 Å². The van der Waals surface area contributed by atoms with Gasteiger partial charge in [0.05, 0.1) is 19.8 Å². The third-order valence-corrected chi connectivity index (χ3v) is 9.35. The summed E-state index contributed by atoms with van der Waals surface area (Å²) in [5, 5.41) is 14.2. The van der Waals surface area contributed by atoms with Crippen molar-refractivity contribution in [2.24, 2.45) is 0 Å². The molecule has 0 spiro atoms. The fourth-order valence-electron chi connectivity index (χ4n) is 6.10. The summed E-state index contributed by atoms with van der Waals surface area (Å²) >= 11 is 0. The summed E-state index contributed by atoms with van der Waals surface area (Å²) in [4.78, 5) is 0. The zero-order valence-electron chi connectivity index (χ0n) is 33.2. The quantitative estimate of drug-likeness (QED) is 0.0540. The van der Waals surface area contributed by atoms with E-state index in [0.717, 1.165) is 64.3 Å². The second-order valence-corrected chi connectivity index (χ2v) is 14.0. The van der Waals surface area contributed by atoms with Crippen LogP contribution in [0.25, 0.3) is 11.4 Å². The largest absolute Gasteiger partial charge is 0.490 e. The van der Waals surface area contributed by atoms with E-state index >= 15 is 0 Å². The lowest BCUT2D eigenvalue weighted by Gasteiger charge is -2.18. The average Bonchev–Trinajstić information content (AvgIpc) is 3.75. The number of H-pyrrole nitrogens is 1. The Morgan fingerprint density at radius 1 is 0.463 bits per heavy atom. The van der Waals surface area contributed by atoms with Gasteiger partial charge < -0.3 is 14.2 Å². The van der Waals surface area contributed by atoms with E-state index in [-0.39, 0.29) is 0 Å². The van der Waals surface area contributed by atoms with Crippen LogP contribution in [0, 0.1) is 23.7 Å². The number of rotatable bonds is 25. The molecule has 0 radical (unpaired) electrons. The van der Waals surface area contributed by atoms with Crippen molar-refractivity contribution in [1.82, 2.24) is 20.6 Å². The number of nitrogens with one attached hydrogen (secondary N) is 1. The Bertz CT molecular complexity index is 1670. The van der Waals surface area contributed by atoms with E-state index < -0.39 is 0 Å². The highest BCUT2D eigenvalue weighted by Gasteiger charge is 2.16. The minimum Gasteiger partial charge on any atom is -0.490 e. The highest BCUT2D eigenvalue weighted by Crippen LogP contribution is 2.39. The predicted octanol–water partition coefficient (Wildman–Crippen LogP) is 11.9. The van der Waals surface area contributed by atoms with E-state index in [1.165, 1.54) is 96.3 Å². The van der Waals surface area contributed by atoms with Gasteiger partial charge in [-0.25, -0.2) is 0 Å². The summed E-state index contributed by atoms with van der Waals surface area (Å²) in [6.07, 6.45) is 21.8. The van der Waals surface area contributed by atoms with Crippen LogP contribution in [0.5, 0.6) is 17.2 Å². The van der Waals surface area contributed by atoms with E-state index in [1.54, 1.807) is 0 Å². The highest BCUT2D eigenvalue weighted by molar-refractivity contribution is 5.59. The molecule has 0 aliphatic rings. The number of hydrogen-bond acceptors (Lipinski definition) is 6. The number of ether oxygens (including phenoxy) is 3. The molecule has 54 heavy (non-hydrogen) atoms. The van der Waals surface area contributed by atoms with Gasteiger partial charge in [0.1, 0.15) is 0 Å². The smallest absolute Gasteiger partial charge is 0.204 e. The Labute approximate surface area is 325 Å². The zero-order chi connectivity index (χ0) is 37.9. The molecular weight excluding hydrogens is 669 g/mol. The SMILES string of the molecule is CCCCCCCCOc1cc(C#Cc2ccc(C#Cc3ccc(-c4nn[nH]n4)cc3)cc2)cc(OCCCCCCCC)c1OCCCCCCCC. The predicted molar refractivity (Wildman–Crippen MR) is 221 cm³/mol. The number of aromatic amines is 1. The van der Waals surface area contributed by atoms with Crippen LogP contribution >= 0.6 is 0 Å². The van der Waals surface area contributed by atoms with Gasteiger partial charge in [-0.3, -0.25) is 0 Å². The molecule has 7 heteroatoms. The molecule has 4 rings (SSSR count). The minimum absolute atomic E-state index is 0.563. The molecule has 0 unspecified atom stereocenters. The maximum atomic E-state index is 6.48. The van der Waals surface area contributed by atoms with Crippen molar-refractivity contribution >= 4 is 0 Å². The number of hydrogen-bond donors (Lipinski definition) is 1. The van der Waals surface area contributed by atoms with Gasteiger partial charge in [-0.05, 0) is 85.1 Å².